The van der Waals surface area contributed by atoms with E-state index in [1.165, 1.54) is 11.8 Å². The number of nitrogens with zero attached hydrogens (tertiary/aromatic N) is 2. The number of halogens is 1. The first kappa shape index (κ1) is 22.2. The predicted octanol–water partition coefficient (Wildman–Crippen LogP) is 1.76. The summed E-state index contributed by atoms with van der Waals surface area (Å²) in [5.74, 6) is 1.36. The van der Waals surface area contributed by atoms with E-state index < -0.39 is 9.84 Å². The number of hydrogen-bond acceptors (Lipinski definition) is 4. The molecule has 1 unspecified atom stereocenters. The number of sulfone groups is 1. The van der Waals surface area contributed by atoms with Gasteiger partial charge in [-0.25, -0.2) is 8.42 Å². The predicted molar refractivity (Wildman–Crippen MR) is 112 cm³/mol. The van der Waals surface area contributed by atoms with Crippen LogP contribution in [-0.2, 0) is 21.2 Å². The molecule has 1 aromatic carbocycles. The van der Waals surface area contributed by atoms with Gasteiger partial charge >= 0.3 is 0 Å². The molecule has 25 heavy (non-hydrogen) atoms. The van der Waals surface area contributed by atoms with Crippen molar-refractivity contribution in [2.24, 2.45) is 10.9 Å². The first-order chi connectivity index (χ1) is 11.5. The van der Waals surface area contributed by atoms with Gasteiger partial charge in [0.15, 0.2) is 5.96 Å². The minimum absolute atomic E-state index is 0. The van der Waals surface area contributed by atoms with Gasteiger partial charge in [-0.3, -0.25) is 4.99 Å². The molecule has 8 heteroatoms. The molecule has 0 aromatic heterocycles. The van der Waals surface area contributed by atoms with Crippen molar-refractivity contribution in [3.05, 3.63) is 35.9 Å². The number of nitrogens with one attached hydrogen (secondary N) is 1. The van der Waals surface area contributed by atoms with E-state index in [0.717, 1.165) is 32.1 Å². The number of benzene rings is 1. The molecule has 1 aromatic rings. The molecule has 1 aliphatic heterocycles. The molecule has 1 fully saturated rings. The highest BCUT2D eigenvalue weighted by Crippen LogP contribution is 2.17. The second kappa shape index (κ2) is 11.0. The molecule has 1 atom stereocenters. The molecular weight excluding hydrogens is 453 g/mol. The van der Waals surface area contributed by atoms with E-state index in [0.29, 0.717) is 19.1 Å². The summed E-state index contributed by atoms with van der Waals surface area (Å²) in [4.78, 5) is 6.41. The summed E-state index contributed by atoms with van der Waals surface area (Å²) in [6, 6.07) is 10.2. The van der Waals surface area contributed by atoms with Crippen LogP contribution in [-0.4, -0.2) is 64.6 Å². The Morgan fingerprint density at radius 2 is 2.08 bits per heavy atom. The number of ether oxygens (including phenoxy) is 1. The van der Waals surface area contributed by atoms with E-state index in [2.05, 4.69) is 27.3 Å². The molecule has 1 heterocycles. The lowest BCUT2D eigenvalue weighted by Gasteiger charge is -2.21. The van der Waals surface area contributed by atoms with Crippen molar-refractivity contribution in [1.29, 1.82) is 0 Å². The van der Waals surface area contributed by atoms with Crippen LogP contribution in [0.5, 0.6) is 0 Å². The topological polar surface area (TPSA) is 71.0 Å². The molecule has 1 aliphatic rings. The van der Waals surface area contributed by atoms with Gasteiger partial charge in [-0.15, -0.1) is 24.0 Å². The summed E-state index contributed by atoms with van der Waals surface area (Å²) in [6.07, 6.45) is 2.30. The summed E-state index contributed by atoms with van der Waals surface area (Å²) in [5, 5.41) is 3.13. The van der Waals surface area contributed by atoms with Crippen LogP contribution in [0.2, 0.25) is 0 Å². The van der Waals surface area contributed by atoms with Gasteiger partial charge < -0.3 is 15.0 Å². The summed E-state index contributed by atoms with van der Waals surface area (Å²) < 4.78 is 28.2. The van der Waals surface area contributed by atoms with Crippen molar-refractivity contribution in [2.75, 3.05) is 45.3 Å². The van der Waals surface area contributed by atoms with Crippen LogP contribution in [0.1, 0.15) is 12.0 Å². The maximum absolute atomic E-state index is 11.2. The lowest BCUT2D eigenvalue weighted by molar-refractivity contribution is 0.0907. The van der Waals surface area contributed by atoms with Crippen LogP contribution in [0.3, 0.4) is 0 Å². The average molecular weight is 481 g/mol. The third-order valence-corrected chi connectivity index (χ3v) is 4.96. The van der Waals surface area contributed by atoms with Gasteiger partial charge in [0, 0.05) is 38.9 Å². The lowest BCUT2D eigenvalue weighted by Crippen LogP contribution is -2.42. The Morgan fingerprint density at radius 1 is 1.36 bits per heavy atom. The Hall–Kier alpha value is -0.870. The Balaban J connectivity index is 0.00000312. The van der Waals surface area contributed by atoms with E-state index in [1.54, 1.807) is 7.05 Å². The zero-order valence-electron chi connectivity index (χ0n) is 14.8. The Labute approximate surface area is 168 Å². The van der Waals surface area contributed by atoms with Gasteiger partial charge in [-0.05, 0) is 12.0 Å². The molecule has 1 N–H and O–H groups in total. The standard InChI is InChI=1S/C17H27N3O3S.HI/c1-18-17(19-9-11-24(2,21)22)20-10-8-16(12-20)14-23-13-15-6-4-3-5-7-15;/h3-7,16H,8-14H2,1-2H3,(H,18,19);1H. The molecule has 2 rings (SSSR count). The highest BCUT2D eigenvalue weighted by molar-refractivity contribution is 14.0. The highest BCUT2D eigenvalue weighted by Gasteiger charge is 2.25. The number of rotatable bonds is 7. The molecule has 0 amide bonds. The zero-order valence-corrected chi connectivity index (χ0v) is 18.0. The van der Waals surface area contributed by atoms with Crippen LogP contribution in [0.15, 0.2) is 35.3 Å². The van der Waals surface area contributed by atoms with Gasteiger partial charge in [0.05, 0.1) is 19.0 Å². The van der Waals surface area contributed by atoms with Gasteiger partial charge in [0.2, 0.25) is 0 Å². The smallest absolute Gasteiger partial charge is 0.193 e. The molecule has 0 aliphatic carbocycles. The fraction of sp³-hybridized carbons (Fsp3) is 0.588. The van der Waals surface area contributed by atoms with Crippen molar-refractivity contribution < 1.29 is 13.2 Å². The van der Waals surface area contributed by atoms with Crippen molar-refractivity contribution in [3.63, 3.8) is 0 Å². The van der Waals surface area contributed by atoms with Crippen molar-refractivity contribution in [3.8, 4) is 0 Å². The number of guanidine groups is 1. The summed E-state index contributed by atoms with van der Waals surface area (Å²) in [5.41, 5.74) is 1.19. The Kier molecular flexibility index (Phi) is 9.73. The second-order valence-corrected chi connectivity index (χ2v) is 8.47. The first-order valence-electron chi connectivity index (χ1n) is 8.23. The summed E-state index contributed by atoms with van der Waals surface area (Å²) in [7, 11) is -1.23. The summed E-state index contributed by atoms with van der Waals surface area (Å²) >= 11 is 0. The maximum atomic E-state index is 11.2. The van der Waals surface area contributed by atoms with Crippen LogP contribution >= 0.6 is 24.0 Å². The van der Waals surface area contributed by atoms with E-state index in [-0.39, 0.29) is 29.7 Å². The van der Waals surface area contributed by atoms with Crippen LogP contribution in [0, 0.1) is 5.92 Å². The van der Waals surface area contributed by atoms with Crippen molar-refractivity contribution in [1.82, 2.24) is 10.2 Å². The van der Waals surface area contributed by atoms with Crippen molar-refractivity contribution >= 4 is 39.8 Å². The summed E-state index contributed by atoms with van der Waals surface area (Å²) in [6.45, 7) is 3.55. The normalized spacial score (nSPS) is 18.1. The Bertz CT molecular complexity index is 638. The fourth-order valence-corrected chi connectivity index (χ4v) is 3.23. The minimum Gasteiger partial charge on any atom is -0.376 e. The Morgan fingerprint density at radius 3 is 2.72 bits per heavy atom. The SMILES string of the molecule is CN=C(NCCS(C)(=O)=O)N1CCC(COCc2ccccc2)C1.I. The first-order valence-corrected chi connectivity index (χ1v) is 10.3. The van der Waals surface area contributed by atoms with Gasteiger partial charge in [-0.1, -0.05) is 30.3 Å². The molecule has 0 spiro atoms. The highest BCUT2D eigenvalue weighted by atomic mass is 127. The van der Waals surface area contributed by atoms with Gasteiger partial charge in [0.1, 0.15) is 9.84 Å². The molecule has 0 bridgehead atoms. The van der Waals surface area contributed by atoms with E-state index in [9.17, 15) is 8.42 Å². The molecular formula is C17H28IN3O3S. The maximum Gasteiger partial charge on any atom is 0.193 e. The number of hydrogen-bond donors (Lipinski definition) is 1. The molecule has 6 nitrogen and oxygen atoms in total. The van der Waals surface area contributed by atoms with Gasteiger partial charge in [-0.2, -0.15) is 0 Å². The molecule has 1 saturated heterocycles. The van der Waals surface area contributed by atoms with Gasteiger partial charge in [0.25, 0.3) is 0 Å². The molecule has 142 valence electrons. The van der Waals surface area contributed by atoms with E-state index in [1.807, 2.05) is 18.2 Å². The quantitative estimate of drug-likeness (QED) is 0.365. The van der Waals surface area contributed by atoms with E-state index >= 15 is 0 Å². The largest absolute Gasteiger partial charge is 0.376 e. The average Bonchev–Trinajstić information content (AvgIpc) is 3.00. The number of likely N-dealkylation sites (tertiary alicyclic amines) is 1. The minimum atomic E-state index is -2.96. The van der Waals surface area contributed by atoms with Crippen LogP contribution < -0.4 is 5.32 Å². The monoisotopic (exact) mass is 481 g/mol. The third kappa shape index (κ3) is 8.37. The van der Waals surface area contributed by atoms with Crippen LogP contribution in [0.25, 0.3) is 0 Å². The number of aliphatic imine (C=N–C) groups is 1. The molecule has 0 saturated carbocycles. The van der Waals surface area contributed by atoms with E-state index in [4.69, 9.17) is 4.74 Å². The second-order valence-electron chi connectivity index (χ2n) is 6.21. The van der Waals surface area contributed by atoms with Crippen LogP contribution in [0.4, 0.5) is 0 Å². The lowest BCUT2D eigenvalue weighted by atomic mass is 10.1. The third-order valence-electron chi connectivity index (χ3n) is 4.02. The fourth-order valence-electron chi connectivity index (χ4n) is 2.76. The van der Waals surface area contributed by atoms with Crippen molar-refractivity contribution in [2.45, 2.75) is 13.0 Å². The zero-order chi connectivity index (χ0) is 17.4. The molecule has 0 radical (unpaired) electrons.